The fraction of sp³-hybridized carbons (Fsp3) is 0.810. The Morgan fingerprint density at radius 2 is 1.78 bits per heavy atom. The normalized spacial score (nSPS) is 48.6. The predicted molar refractivity (Wildman–Crippen MR) is 193 cm³/mol. The van der Waals surface area contributed by atoms with Gasteiger partial charge in [-0.05, 0) is 108 Å². The molecule has 6 heterocycles. The molecule has 50 heavy (non-hydrogen) atoms. The number of cyclic esters (lactones) is 1. The van der Waals surface area contributed by atoms with E-state index < -0.39 is 23.3 Å². The van der Waals surface area contributed by atoms with Gasteiger partial charge >= 0.3 is 5.97 Å². The van der Waals surface area contributed by atoms with E-state index in [2.05, 4.69) is 40.3 Å². The van der Waals surface area contributed by atoms with E-state index in [4.69, 9.17) is 23.9 Å². The molecule has 3 spiro atoms. The Balaban J connectivity index is 1.26. The van der Waals surface area contributed by atoms with Crippen molar-refractivity contribution in [3.63, 3.8) is 0 Å². The van der Waals surface area contributed by atoms with Crippen LogP contribution in [0.25, 0.3) is 0 Å². The molecule has 278 valence electrons. The molecule has 1 aliphatic carbocycles. The van der Waals surface area contributed by atoms with E-state index in [-0.39, 0.29) is 47.4 Å². The fourth-order valence-corrected chi connectivity index (χ4v) is 10.8. The van der Waals surface area contributed by atoms with Crippen molar-refractivity contribution in [1.82, 2.24) is 0 Å². The zero-order valence-corrected chi connectivity index (χ0v) is 31.6. The van der Waals surface area contributed by atoms with E-state index >= 15 is 0 Å². The summed E-state index contributed by atoms with van der Waals surface area (Å²) < 4.78 is 26.3. The van der Waals surface area contributed by atoms with Gasteiger partial charge < -0.3 is 29.2 Å². The molecule has 0 saturated carbocycles. The largest absolute Gasteiger partial charge is 0.458 e. The van der Waals surface area contributed by atoms with Crippen LogP contribution in [-0.2, 0) is 23.7 Å². The first-order chi connectivity index (χ1) is 23.6. The molecule has 7 rings (SSSR count). The van der Waals surface area contributed by atoms with Crippen molar-refractivity contribution in [2.24, 2.45) is 34.1 Å². The van der Waals surface area contributed by atoms with Crippen molar-refractivity contribution in [2.75, 3.05) is 6.54 Å². The maximum absolute atomic E-state index is 12.6. The number of carbonyl (C=O) groups excluding carboxylic acids is 1. The SMILES string of the molecule is C=C1CCCC2=NCC(C)CCC23CCC(C2CC(C)C(=O)O2)=C(C)C3/C=C(\C)C(O)CC2OC3(CCC4(OC(CCC4(C)O)C1)O3)CC2C. The van der Waals surface area contributed by atoms with Crippen molar-refractivity contribution in [3.05, 3.63) is 34.9 Å². The Bertz CT molecular complexity index is 1450. The molecule has 6 aliphatic heterocycles. The zero-order valence-electron chi connectivity index (χ0n) is 31.6. The monoisotopic (exact) mass is 693 g/mol. The number of aliphatic hydroxyl groups excluding tert-OH is 1. The van der Waals surface area contributed by atoms with Crippen LogP contribution in [0.2, 0.25) is 0 Å². The summed E-state index contributed by atoms with van der Waals surface area (Å²) in [6.07, 6.45) is 13.4. The summed E-state index contributed by atoms with van der Waals surface area (Å²) in [5, 5.41) is 23.6. The lowest BCUT2D eigenvalue weighted by molar-refractivity contribution is -0.387. The topological polar surface area (TPSA) is 107 Å². The summed E-state index contributed by atoms with van der Waals surface area (Å²) in [7, 11) is 0. The molecule has 4 fully saturated rings. The number of carbonyl (C=O) groups is 1. The fourth-order valence-electron chi connectivity index (χ4n) is 10.8. The number of fused-ring (bicyclic) bond motifs is 2. The molecule has 0 radical (unpaired) electrons. The average Bonchev–Trinajstić information content (AvgIpc) is 3.65. The molecule has 0 aromatic rings. The second-order valence-corrected chi connectivity index (χ2v) is 18.0. The van der Waals surface area contributed by atoms with Crippen LogP contribution in [0.15, 0.2) is 39.9 Å². The summed E-state index contributed by atoms with van der Waals surface area (Å²) in [4.78, 5) is 18.0. The molecular formula is C42H63NO7. The number of aliphatic hydroxyl groups is 2. The Morgan fingerprint density at radius 3 is 2.54 bits per heavy atom. The van der Waals surface area contributed by atoms with Gasteiger partial charge in [-0.25, -0.2) is 0 Å². The number of ether oxygens (including phenoxy) is 4. The van der Waals surface area contributed by atoms with Crippen LogP contribution in [0, 0.1) is 29.1 Å². The van der Waals surface area contributed by atoms with Gasteiger partial charge in [0.2, 0.25) is 5.79 Å². The number of hydrogen-bond donors (Lipinski definition) is 2. The standard InChI is InChI=1S/C42H63NO7/c1-25-9-8-10-37-40(15-11-26(2)24-43-37)16-13-32(36-21-28(4)38(45)47-36)30(6)33(40)20-27(3)34(44)22-35-29(5)23-41(49-35)17-18-42(50-41)39(7,46)14-12-31(19-25)48-42/h20,26,28-29,31,33-36,44,46H,1,8-19,21-24H2,2-7H3/b27-20+. The van der Waals surface area contributed by atoms with Gasteiger partial charge in [-0.1, -0.05) is 44.6 Å². The number of hydrogen-bond acceptors (Lipinski definition) is 8. The van der Waals surface area contributed by atoms with E-state index in [1.165, 1.54) is 22.4 Å². The summed E-state index contributed by atoms with van der Waals surface area (Å²) in [5.41, 5.74) is 4.75. The first kappa shape index (κ1) is 36.5. The highest BCUT2D eigenvalue weighted by Crippen LogP contribution is 2.57. The van der Waals surface area contributed by atoms with E-state index in [1.807, 2.05) is 13.8 Å². The molecule has 0 aromatic heterocycles. The smallest absolute Gasteiger partial charge is 0.309 e. The Labute approximate surface area is 300 Å². The van der Waals surface area contributed by atoms with E-state index in [1.54, 1.807) is 0 Å². The highest BCUT2D eigenvalue weighted by atomic mass is 16.8. The highest BCUT2D eigenvalue weighted by molar-refractivity contribution is 5.92. The maximum Gasteiger partial charge on any atom is 0.309 e. The van der Waals surface area contributed by atoms with Crippen molar-refractivity contribution >= 4 is 11.7 Å². The Hall–Kier alpha value is -1.84. The Morgan fingerprint density at radius 1 is 0.980 bits per heavy atom. The molecule has 12 unspecified atom stereocenters. The van der Waals surface area contributed by atoms with Crippen molar-refractivity contribution < 1.29 is 34.0 Å². The summed E-state index contributed by atoms with van der Waals surface area (Å²) >= 11 is 0. The molecular weight excluding hydrogens is 630 g/mol. The van der Waals surface area contributed by atoms with Crippen LogP contribution in [0.1, 0.15) is 138 Å². The Kier molecular flexibility index (Phi) is 9.89. The molecule has 8 heteroatoms. The van der Waals surface area contributed by atoms with Gasteiger partial charge in [-0.2, -0.15) is 0 Å². The van der Waals surface area contributed by atoms with Gasteiger partial charge in [0.15, 0.2) is 5.79 Å². The highest BCUT2D eigenvalue weighted by Gasteiger charge is 2.64. The van der Waals surface area contributed by atoms with Crippen molar-refractivity contribution in [2.45, 2.75) is 179 Å². The molecule has 4 bridgehead atoms. The van der Waals surface area contributed by atoms with E-state index in [0.29, 0.717) is 38.0 Å². The molecule has 4 saturated heterocycles. The van der Waals surface area contributed by atoms with Crippen LogP contribution in [0.3, 0.4) is 0 Å². The van der Waals surface area contributed by atoms with Gasteiger partial charge in [-0.3, -0.25) is 9.79 Å². The first-order valence-corrected chi connectivity index (χ1v) is 19.9. The lowest BCUT2D eigenvalue weighted by atomic mass is 9.58. The van der Waals surface area contributed by atoms with E-state index in [0.717, 1.165) is 76.3 Å². The second kappa shape index (κ2) is 13.5. The molecule has 12 atom stereocenters. The number of aliphatic imine (C=N–C) groups is 1. The van der Waals surface area contributed by atoms with Gasteiger partial charge in [-0.15, -0.1) is 0 Å². The third-order valence-corrected chi connectivity index (χ3v) is 14.1. The van der Waals surface area contributed by atoms with Crippen molar-refractivity contribution in [1.29, 1.82) is 0 Å². The molecule has 7 aliphatic rings. The maximum atomic E-state index is 12.6. The summed E-state index contributed by atoms with van der Waals surface area (Å²) in [5.74, 6) is -1.36. The minimum Gasteiger partial charge on any atom is -0.458 e. The van der Waals surface area contributed by atoms with Crippen LogP contribution >= 0.6 is 0 Å². The third kappa shape index (κ3) is 6.52. The summed E-state index contributed by atoms with van der Waals surface area (Å²) in [6, 6.07) is 0. The quantitative estimate of drug-likeness (QED) is 0.212. The minimum absolute atomic E-state index is 0.0611. The number of allylic oxidation sites excluding steroid dienone is 2. The predicted octanol–water partition coefficient (Wildman–Crippen LogP) is 7.91. The second-order valence-electron chi connectivity index (χ2n) is 18.0. The van der Waals surface area contributed by atoms with Crippen LogP contribution in [-0.4, -0.2) is 70.0 Å². The molecule has 0 aromatic carbocycles. The number of nitrogens with zero attached hydrogens (tertiary/aromatic N) is 1. The number of esters is 1. The number of rotatable bonds is 1. The van der Waals surface area contributed by atoms with Crippen LogP contribution in [0.4, 0.5) is 0 Å². The minimum atomic E-state index is -1.12. The third-order valence-electron chi connectivity index (χ3n) is 14.1. The van der Waals surface area contributed by atoms with Crippen LogP contribution < -0.4 is 0 Å². The van der Waals surface area contributed by atoms with E-state index in [9.17, 15) is 15.0 Å². The molecule has 8 nitrogen and oxygen atoms in total. The van der Waals surface area contributed by atoms with Crippen LogP contribution in [0.5, 0.6) is 0 Å². The van der Waals surface area contributed by atoms with Gasteiger partial charge in [0.25, 0.3) is 0 Å². The van der Waals surface area contributed by atoms with Gasteiger partial charge in [0.1, 0.15) is 11.7 Å². The lowest BCUT2D eigenvalue weighted by Gasteiger charge is -2.49. The van der Waals surface area contributed by atoms with Gasteiger partial charge in [0.05, 0.1) is 24.2 Å². The molecule has 2 N–H and O–H groups in total. The zero-order chi connectivity index (χ0) is 35.6. The average molecular weight is 694 g/mol. The lowest BCUT2D eigenvalue weighted by Crippen LogP contribution is -2.60. The summed E-state index contributed by atoms with van der Waals surface area (Å²) in [6.45, 7) is 18.0. The first-order valence-electron chi connectivity index (χ1n) is 19.9. The van der Waals surface area contributed by atoms with Crippen molar-refractivity contribution in [3.8, 4) is 0 Å². The molecule has 0 amide bonds. The van der Waals surface area contributed by atoms with Gasteiger partial charge in [0, 0.05) is 55.7 Å².